The van der Waals surface area contributed by atoms with E-state index in [1.54, 1.807) is 0 Å². The van der Waals surface area contributed by atoms with Gasteiger partial charge in [0.1, 0.15) is 0 Å². The van der Waals surface area contributed by atoms with E-state index in [1.165, 1.54) is 11.5 Å². The number of carbonyl (C=O) groups is 1. The highest BCUT2D eigenvalue weighted by atomic mass is 32.2. The van der Waals surface area contributed by atoms with E-state index < -0.39 is 0 Å². The number of rotatable bonds is 5. The topological polar surface area (TPSA) is 23.6 Å². The summed E-state index contributed by atoms with van der Waals surface area (Å²) in [6.45, 7) is 10.0. The van der Waals surface area contributed by atoms with E-state index >= 15 is 0 Å². The van der Waals surface area contributed by atoms with Crippen molar-refractivity contribution in [1.29, 1.82) is 0 Å². The van der Waals surface area contributed by atoms with E-state index in [1.807, 2.05) is 56.6 Å². The van der Waals surface area contributed by atoms with Gasteiger partial charge in [0.2, 0.25) is 0 Å². The first kappa shape index (κ1) is 16.3. The molecule has 0 unspecified atom stereocenters. The summed E-state index contributed by atoms with van der Waals surface area (Å²) < 4.78 is 0. The van der Waals surface area contributed by atoms with Crippen molar-refractivity contribution >= 4 is 17.7 Å². The number of amides is 1. The van der Waals surface area contributed by atoms with E-state index in [0.29, 0.717) is 0 Å². The lowest BCUT2D eigenvalue weighted by atomic mass is 10.1. The molecule has 0 spiro atoms. The molecule has 1 aliphatic rings. The second-order valence-corrected chi connectivity index (χ2v) is 6.32. The molecule has 19 heavy (non-hydrogen) atoms. The van der Waals surface area contributed by atoms with Gasteiger partial charge in [-0.2, -0.15) is 11.8 Å². The lowest BCUT2D eigenvalue weighted by Gasteiger charge is -2.28. The fraction of sp³-hybridized carbons (Fsp3) is 0.667. The van der Waals surface area contributed by atoms with Crippen molar-refractivity contribution in [1.82, 2.24) is 9.80 Å². The minimum atomic E-state index is 0.129. The monoisotopic (exact) mass is 282 g/mol. The summed E-state index contributed by atoms with van der Waals surface area (Å²) in [6, 6.07) is 0. The Balaban J connectivity index is 2.49. The molecular formula is C15H26N2OS. The predicted octanol–water partition coefficient (Wildman–Crippen LogP) is 2.41. The number of hydrogen-bond donors (Lipinski definition) is 0. The van der Waals surface area contributed by atoms with Gasteiger partial charge in [-0.25, -0.2) is 0 Å². The highest BCUT2D eigenvalue weighted by Crippen LogP contribution is 2.11. The summed E-state index contributed by atoms with van der Waals surface area (Å²) in [7, 11) is 1.90. The van der Waals surface area contributed by atoms with E-state index in [4.69, 9.17) is 0 Å². The quantitative estimate of drug-likeness (QED) is 0.571. The van der Waals surface area contributed by atoms with Crippen molar-refractivity contribution in [2.75, 3.05) is 44.7 Å². The van der Waals surface area contributed by atoms with E-state index in [2.05, 4.69) is 4.90 Å². The SMILES string of the molecule is C/C=C\C(C(=O)N(C)CCN1CCSCC1)=C(C)C. The van der Waals surface area contributed by atoms with Gasteiger partial charge < -0.3 is 4.90 Å². The molecular weight excluding hydrogens is 256 g/mol. The zero-order valence-electron chi connectivity index (χ0n) is 12.6. The highest BCUT2D eigenvalue weighted by molar-refractivity contribution is 7.99. The minimum Gasteiger partial charge on any atom is -0.340 e. The molecule has 1 amide bonds. The lowest BCUT2D eigenvalue weighted by molar-refractivity contribution is -0.125. The molecule has 0 atom stereocenters. The molecule has 1 aliphatic heterocycles. The smallest absolute Gasteiger partial charge is 0.253 e. The predicted molar refractivity (Wildman–Crippen MR) is 84.6 cm³/mol. The summed E-state index contributed by atoms with van der Waals surface area (Å²) in [4.78, 5) is 16.6. The van der Waals surface area contributed by atoms with Gasteiger partial charge in [0.05, 0.1) is 0 Å². The summed E-state index contributed by atoms with van der Waals surface area (Å²) in [6.07, 6.45) is 3.83. The Kier molecular flexibility index (Phi) is 7.24. The number of thioether (sulfide) groups is 1. The second-order valence-electron chi connectivity index (χ2n) is 5.09. The van der Waals surface area contributed by atoms with Crippen molar-refractivity contribution in [3.05, 3.63) is 23.3 Å². The summed E-state index contributed by atoms with van der Waals surface area (Å²) in [5, 5.41) is 0. The van der Waals surface area contributed by atoms with Crippen LogP contribution in [0.15, 0.2) is 23.3 Å². The molecule has 0 N–H and O–H groups in total. The average Bonchev–Trinajstić information content (AvgIpc) is 2.42. The molecule has 0 bridgehead atoms. The van der Waals surface area contributed by atoms with Crippen LogP contribution in [-0.4, -0.2) is 60.4 Å². The molecule has 1 heterocycles. The average molecular weight is 282 g/mol. The van der Waals surface area contributed by atoms with Crippen LogP contribution in [0, 0.1) is 0 Å². The number of allylic oxidation sites excluding steroid dienone is 2. The second kappa shape index (κ2) is 8.43. The number of likely N-dealkylation sites (N-methyl/N-ethyl adjacent to an activating group) is 1. The Morgan fingerprint density at radius 1 is 1.32 bits per heavy atom. The molecule has 108 valence electrons. The van der Waals surface area contributed by atoms with Crippen molar-refractivity contribution < 1.29 is 4.79 Å². The summed E-state index contributed by atoms with van der Waals surface area (Å²) in [5.74, 6) is 2.56. The van der Waals surface area contributed by atoms with Crippen LogP contribution < -0.4 is 0 Å². The molecule has 0 aliphatic carbocycles. The van der Waals surface area contributed by atoms with Gasteiger partial charge in [0.15, 0.2) is 0 Å². The van der Waals surface area contributed by atoms with Crippen LogP contribution in [0.25, 0.3) is 0 Å². The number of nitrogens with zero attached hydrogens (tertiary/aromatic N) is 2. The molecule has 0 aromatic rings. The van der Waals surface area contributed by atoms with Gasteiger partial charge in [0, 0.05) is 50.3 Å². The van der Waals surface area contributed by atoms with Crippen molar-refractivity contribution in [3.63, 3.8) is 0 Å². The van der Waals surface area contributed by atoms with E-state index in [0.717, 1.165) is 37.3 Å². The Morgan fingerprint density at radius 2 is 1.95 bits per heavy atom. The van der Waals surface area contributed by atoms with Crippen LogP contribution in [0.5, 0.6) is 0 Å². The molecule has 0 saturated carbocycles. The van der Waals surface area contributed by atoms with Crippen molar-refractivity contribution in [3.8, 4) is 0 Å². The molecule has 3 nitrogen and oxygen atoms in total. The zero-order valence-corrected chi connectivity index (χ0v) is 13.4. The molecule has 1 rings (SSSR count). The van der Waals surface area contributed by atoms with Crippen LogP contribution in [0.3, 0.4) is 0 Å². The van der Waals surface area contributed by atoms with Crippen LogP contribution in [-0.2, 0) is 4.79 Å². The Morgan fingerprint density at radius 3 is 2.47 bits per heavy atom. The van der Waals surface area contributed by atoms with Gasteiger partial charge in [-0.15, -0.1) is 0 Å². The minimum absolute atomic E-state index is 0.129. The molecule has 0 aromatic heterocycles. The first-order chi connectivity index (χ1) is 9.06. The molecule has 1 saturated heterocycles. The maximum absolute atomic E-state index is 12.3. The maximum atomic E-state index is 12.3. The standard InChI is InChI=1S/C15H26N2OS/c1-5-6-14(13(2)3)15(18)16(4)7-8-17-9-11-19-12-10-17/h5-6H,7-12H2,1-4H3/b6-5-. The lowest BCUT2D eigenvalue weighted by Crippen LogP contribution is -2.40. The normalized spacial score (nSPS) is 16.6. The number of hydrogen-bond acceptors (Lipinski definition) is 3. The maximum Gasteiger partial charge on any atom is 0.253 e. The first-order valence-electron chi connectivity index (χ1n) is 6.92. The van der Waals surface area contributed by atoms with Gasteiger partial charge >= 0.3 is 0 Å². The molecule has 0 radical (unpaired) electrons. The van der Waals surface area contributed by atoms with Gasteiger partial charge in [-0.05, 0) is 20.8 Å². The van der Waals surface area contributed by atoms with Crippen LogP contribution in [0.2, 0.25) is 0 Å². The third kappa shape index (κ3) is 5.41. The van der Waals surface area contributed by atoms with Crippen LogP contribution >= 0.6 is 11.8 Å². The van der Waals surface area contributed by atoms with Crippen molar-refractivity contribution in [2.24, 2.45) is 0 Å². The number of carbonyl (C=O) groups excluding carboxylic acids is 1. The Labute approximate surface area is 121 Å². The zero-order chi connectivity index (χ0) is 14.3. The molecule has 1 fully saturated rings. The van der Waals surface area contributed by atoms with Gasteiger partial charge in [-0.1, -0.05) is 17.7 Å². The Hall–Kier alpha value is -0.740. The Bertz CT molecular complexity index is 353. The molecule has 4 heteroatoms. The first-order valence-corrected chi connectivity index (χ1v) is 8.07. The van der Waals surface area contributed by atoms with Gasteiger partial charge in [-0.3, -0.25) is 9.69 Å². The van der Waals surface area contributed by atoms with Gasteiger partial charge in [0.25, 0.3) is 5.91 Å². The molecule has 0 aromatic carbocycles. The fourth-order valence-electron chi connectivity index (χ4n) is 2.04. The van der Waals surface area contributed by atoms with Crippen molar-refractivity contribution in [2.45, 2.75) is 20.8 Å². The third-order valence-corrected chi connectivity index (χ3v) is 4.25. The highest BCUT2D eigenvalue weighted by Gasteiger charge is 2.16. The third-order valence-electron chi connectivity index (χ3n) is 3.30. The largest absolute Gasteiger partial charge is 0.340 e. The van der Waals surface area contributed by atoms with Crippen LogP contribution in [0.1, 0.15) is 20.8 Å². The van der Waals surface area contributed by atoms with E-state index in [-0.39, 0.29) is 5.91 Å². The van der Waals surface area contributed by atoms with E-state index in [9.17, 15) is 4.79 Å². The fourth-order valence-corrected chi connectivity index (χ4v) is 3.02. The van der Waals surface area contributed by atoms with Crippen LogP contribution in [0.4, 0.5) is 0 Å². The summed E-state index contributed by atoms with van der Waals surface area (Å²) >= 11 is 2.02. The summed E-state index contributed by atoms with van der Waals surface area (Å²) in [5.41, 5.74) is 1.89.